The fourth-order valence-corrected chi connectivity index (χ4v) is 0.940. The summed E-state index contributed by atoms with van der Waals surface area (Å²) in [5, 5.41) is 11.2. The van der Waals surface area contributed by atoms with Crippen LogP contribution >= 0.6 is 0 Å². The van der Waals surface area contributed by atoms with Crippen molar-refractivity contribution in [2.75, 3.05) is 0 Å². The van der Waals surface area contributed by atoms with Crippen LogP contribution in [0.25, 0.3) is 6.08 Å². The van der Waals surface area contributed by atoms with E-state index < -0.39 is 0 Å². The van der Waals surface area contributed by atoms with Gasteiger partial charge < -0.3 is 5.21 Å². The van der Waals surface area contributed by atoms with Gasteiger partial charge in [-0.05, 0) is 18.1 Å². The van der Waals surface area contributed by atoms with E-state index in [1.807, 2.05) is 43.3 Å². The summed E-state index contributed by atoms with van der Waals surface area (Å²) in [5.41, 5.74) is 2.03. The van der Waals surface area contributed by atoms with Crippen LogP contribution in [-0.4, -0.2) is 11.4 Å². The van der Waals surface area contributed by atoms with E-state index in [9.17, 15) is 0 Å². The van der Waals surface area contributed by atoms with Gasteiger partial charge in [0.05, 0.1) is 6.21 Å². The summed E-state index contributed by atoms with van der Waals surface area (Å²) in [4.78, 5) is 0. The molecule has 1 N–H and O–H groups in total. The van der Waals surface area contributed by atoms with Crippen molar-refractivity contribution in [1.29, 1.82) is 0 Å². The van der Waals surface area contributed by atoms with E-state index in [4.69, 9.17) is 5.21 Å². The molecule has 1 rings (SSSR count). The van der Waals surface area contributed by atoms with Gasteiger partial charge in [-0.25, -0.2) is 0 Å². The minimum atomic E-state index is 0.920. The lowest BCUT2D eigenvalue weighted by atomic mass is 10.1. The van der Waals surface area contributed by atoms with Crippen LogP contribution in [0.4, 0.5) is 0 Å². The molecule has 0 heterocycles. The number of hydrogen-bond donors (Lipinski definition) is 1. The molecule has 2 heteroatoms. The third kappa shape index (κ3) is 2.58. The molecule has 0 saturated heterocycles. The predicted octanol–water partition coefficient (Wildman–Crippen LogP) is 2.55. The zero-order valence-electron chi connectivity index (χ0n) is 6.94. The summed E-state index contributed by atoms with van der Waals surface area (Å²) >= 11 is 0. The summed E-state index contributed by atoms with van der Waals surface area (Å²) in [6.45, 7) is 1.88. The molecule has 0 aliphatic rings. The number of benzene rings is 1. The van der Waals surface area contributed by atoms with Gasteiger partial charge in [-0.1, -0.05) is 41.6 Å². The number of oxime groups is 1. The van der Waals surface area contributed by atoms with Crippen LogP contribution in [0, 0.1) is 0 Å². The minimum absolute atomic E-state index is 0.920. The number of allylic oxidation sites excluding steroid dienone is 1. The van der Waals surface area contributed by atoms with Gasteiger partial charge in [0, 0.05) is 0 Å². The normalized spacial score (nSPS) is 12.2. The van der Waals surface area contributed by atoms with E-state index in [0.29, 0.717) is 0 Å². The zero-order valence-corrected chi connectivity index (χ0v) is 6.94. The van der Waals surface area contributed by atoms with Gasteiger partial charge in [0.2, 0.25) is 0 Å². The van der Waals surface area contributed by atoms with Gasteiger partial charge in [0.15, 0.2) is 0 Å². The maximum atomic E-state index is 8.24. The van der Waals surface area contributed by atoms with Gasteiger partial charge in [-0.2, -0.15) is 0 Å². The second kappa shape index (κ2) is 4.34. The molecule has 62 valence electrons. The molecule has 0 aromatic heterocycles. The van der Waals surface area contributed by atoms with Crippen molar-refractivity contribution in [3.63, 3.8) is 0 Å². The Hall–Kier alpha value is -1.57. The van der Waals surface area contributed by atoms with Gasteiger partial charge in [-0.3, -0.25) is 0 Å². The lowest BCUT2D eigenvalue weighted by Gasteiger charge is -1.92. The first-order valence-corrected chi connectivity index (χ1v) is 3.73. The average Bonchev–Trinajstić information content (AvgIpc) is 2.06. The predicted molar refractivity (Wildman–Crippen MR) is 50.4 cm³/mol. The van der Waals surface area contributed by atoms with Crippen LogP contribution in [0.1, 0.15) is 12.5 Å². The fraction of sp³-hybridized carbons (Fsp3) is 0.100. The Kier molecular flexibility index (Phi) is 3.08. The molecule has 0 aliphatic heterocycles. The molecular formula is C10H11NO. The van der Waals surface area contributed by atoms with Crippen molar-refractivity contribution in [2.24, 2.45) is 5.16 Å². The first-order chi connectivity index (χ1) is 5.83. The van der Waals surface area contributed by atoms with Crippen LogP contribution in [-0.2, 0) is 0 Å². The third-order valence-electron chi connectivity index (χ3n) is 1.46. The topological polar surface area (TPSA) is 32.6 Å². The fourth-order valence-electron chi connectivity index (χ4n) is 0.940. The molecule has 12 heavy (non-hydrogen) atoms. The molecule has 0 atom stereocenters. The van der Waals surface area contributed by atoms with E-state index in [1.54, 1.807) is 0 Å². The zero-order chi connectivity index (χ0) is 8.81. The molecule has 0 bridgehead atoms. The Morgan fingerprint density at radius 1 is 1.33 bits per heavy atom. The molecule has 0 aliphatic carbocycles. The molecule has 1 aromatic rings. The van der Waals surface area contributed by atoms with Gasteiger partial charge in [0.25, 0.3) is 0 Å². The smallest absolute Gasteiger partial charge is 0.0690 e. The second-order valence-electron chi connectivity index (χ2n) is 2.54. The molecule has 0 saturated carbocycles. The SMILES string of the molecule is CC(/C=N/O)=C\c1ccccc1. The van der Waals surface area contributed by atoms with E-state index in [-0.39, 0.29) is 0 Å². The Morgan fingerprint density at radius 3 is 2.58 bits per heavy atom. The molecule has 0 amide bonds. The minimum Gasteiger partial charge on any atom is -0.411 e. The van der Waals surface area contributed by atoms with Crippen molar-refractivity contribution in [2.45, 2.75) is 6.92 Å². The maximum absolute atomic E-state index is 8.24. The van der Waals surface area contributed by atoms with Crippen LogP contribution in [0.2, 0.25) is 0 Å². The Bertz CT molecular complexity index is 288. The van der Waals surface area contributed by atoms with Gasteiger partial charge >= 0.3 is 0 Å². The Balaban J connectivity index is 2.81. The molecule has 0 unspecified atom stereocenters. The van der Waals surface area contributed by atoms with Gasteiger partial charge in [-0.15, -0.1) is 0 Å². The van der Waals surface area contributed by atoms with E-state index in [2.05, 4.69) is 5.16 Å². The highest BCUT2D eigenvalue weighted by Gasteiger charge is 1.85. The second-order valence-corrected chi connectivity index (χ2v) is 2.54. The van der Waals surface area contributed by atoms with Crippen molar-refractivity contribution >= 4 is 12.3 Å². The Labute approximate surface area is 71.8 Å². The Morgan fingerprint density at radius 2 is 2.00 bits per heavy atom. The first-order valence-electron chi connectivity index (χ1n) is 3.73. The highest BCUT2D eigenvalue weighted by Crippen LogP contribution is 2.03. The lowest BCUT2D eigenvalue weighted by molar-refractivity contribution is 0.321. The number of nitrogens with zero attached hydrogens (tertiary/aromatic N) is 1. The molecule has 0 spiro atoms. The summed E-state index contributed by atoms with van der Waals surface area (Å²) in [6.07, 6.45) is 3.35. The van der Waals surface area contributed by atoms with E-state index in [1.165, 1.54) is 6.21 Å². The molecule has 0 fully saturated rings. The van der Waals surface area contributed by atoms with Crippen LogP contribution in [0.3, 0.4) is 0 Å². The molecule has 0 radical (unpaired) electrons. The molecule has 2 nitrogen and oxygen atoms in total. The largest absolute Gasteiger partial charge is 0.411 e. The summed E-state index contributed by atoms with van der Waals surface area (Å²) in [5.74, 6) is 0. The van der Waals surface area contributed by atoms with Crippen LogP contribution < -0.4 is 0 Å². The van der Waals surface area contributed by atoms with Crippen molar-refractivity contribution in [3.8, 4) is 0 Å². The van der Waals surface area contributed by atoms with Gasteiger partial charge in [0.1, 0.15) is 0 Å². The lowest BCUT2D eigenvalue weighted by Crippen LogP contribution is -1.77. The van der Waals surface area contributed by atoms with E-state index in [0.717, 1.165) is 11.1 Å². The van der Waals surface area contributed by atoms with Crippen molar-refractivity contribution < 1.29 is 5.21 Å². The monoisotopic (exact) mass is 161 g/mol. The average molecular weight is 161 g/mol. The highest BCUT2D eigenvalue weighted by molar-refractivity contribution is 5.84. The van der Waals surface area contributed by atoms with Crippen LogP contribution in [0.5, 0.6) is 0 Å². The number of rotatable bonds is 2. The third-order valence-corrected chi connectivity index (χ3v) is 1.46. The maximum Gasteiger partial charge on any atom is 0.0690 e. The summed E-state index contributed by atoms with van der Waals surface area (Å²) in [6, 6.07) is 9.89. The van der Waals surface area contributed by atoms with Crippen molar-refractivity contribution in [3.05, 3.63) is 41.5 Å². The summed E-state index contributed by atoms with van der Waals surface area (Å²) in [7, 11) is 0. The molecular weight excluding hydrogens is 150 g/mol. The van der Waals surface area contributed by atoms with E-state index >= 15 is 0 Å². The standard InChI is InChI=1S/C10H11NO/c1-9(8-11-12)7-10-5-3-2-4-6-10/h2-8,12H,1H3/b9-7+,11-8+. The highest BCUT2D eigenvalue weighted by atomic mass is 16.4. The first kappa shape index (κ1) is 8.53. The van der Waals surface area contributed by atoms with Crippen LogP contribution in [0.15, 0.2) is 41.1 Å². The summed E-state index contributed by atoms with van der Waals surface area (Å²) < 4.78 is 0. The number of hydrogen-bond acceptors (Lipinski definition) is 2. The molecule has 1 aromatic carbocycles. The van der Waals surface area contributed by atoms with Crippen molar-refractivity contribution in [1.82, 2.24) is 0 Å². The quantitative estimate of drug-likeness (QED) is 0.403.